The van der Waals surface area contributed by atoms with E-state index in [4.69, 9.17) is 0 Å². The van der Waals surface area contributed by atoms with Gasteiger partial charge in [-0.05, 0) is 44.9 Å². The summed E-state index contributed by atoms with van der Waals surface area (Å²) in [6.45, 7) is 2.24. The summed E-state index contributed by atoms with van der Waals surface area (Å²) in [5.41, 5.74) is 0. The van der Waals surface area contributed by atoms with Crippen molar-refractivity contribution in [1.29, 1.82) is 0 Å². The van der Waals surface area contributed by atoms with Crippen LogP contribution < -0.4 is 0 Å². The van der Waals surface area contributed by atoms with E-state index in [1.807, 2.05) is 6.08 Å². The molecule has 0 bridgehead atoms. The Morgan fingerprint density at radius 2 is 1.33 bits per heavy atom. The Bertz CT molecular complexity index is 314. The highest BCUT2D eigenvalue weighted by Gasteiger charge is 1.92. The van der Waals surface area contributed by atoms with Crippen molar-refractivity contribution in [2.75, 3.05) is 7.11 Å². The molecule has 0 spiro atoms. The number of unbranched alkanes of at least 4 members (excludes halogenated alkanes) is 6. The molecule has 0 amide bonds. The average molecular weight is 292 g/mol. The maximum Gasteiger partial charge on any atom is 0.309 e. The number of methoxy groups -OCH3 is 1. The minimum Gasteiger partial charge on any atom is -0.469 e. The molecule has 0 saturated carbocycles. The molecule has 2 nitrogen and oxygen atoms in total. The second-order valence-electron chi connectivity index (χ2n) is 5.21. The zero-order chi connectivity index (χ0) is 15.6. The lowest BCUT2D eigenvalue weighted by atomic mass is 10.1. The fourth-order valence-electron chi connectivity index (χ4n) is 1.92. The normalized spacial score (nSPS) is 11.9. The SMILES string of the molecule is CCCCC/C=C\C/C=C\CCCC/C=C/CC(=O)OC. The minimum absolute atomic E-state index is 0.170. The van der Waals surface area contributed by atoms with E-state index >= 15 is 0 Å². The number of carbonyl (C=O) groups excluding carboxylic acids is 1. The number of esters is 1. The zero-order valence-electron chi connectivity index (χ0n) is 13.9. The average Bonchev–Trinajstić information content (AvgIpc) is 2.50. The molecule has 0 aromatic rings. The highest BCUT2D eigenvalue weighted by Crippen LogP contribution is 2.04. The van der Waals surface area contributed by atoms with Gasteiger partial charge in [-0.1, -0.05) is 56.2 Å². The van der Waals surface area contributed by atoms with Gasteiger partial charge in [-0.25, -0.2) is 0 Å². The molecule has 0 unspecified atom stereocenters. The van der Waals surface area contributed by atoms with Crippen LogP contribution in [0.25, 0.3) is 0 Å². The van der Waals surface area contributed by atoms with Gasteiger partial charge in [0.1, 0.15) is 0 Å². The Morgan fingerprint density at radius 1 is 0.810 bits per heavy atom. The summed E-state index contributed by atoms with van der Waals surface area (Å²) in [6.07, 6.45) is 24.3. The first-order valence-electron chi connectivity index (χ1n) is 8.33. The number of rotatable bonds is 13. The maximum atomic E-state index is 10.9. The van der Waals surface area contributed by atoms with Gasteiger partial charge in [-0.15, -0.1) is 0 Å². The Morgan fingerprint density at radius 3 is 1.86 bits per heavy atom. The monoisotopic (exact) mass is 292 g/mol. The van der Waals surface area contributed by atoms with E-state index < -0.39 is 0 Å². The molecule has 120 valence electrons. The summed E-state index contributed by atoms with van der Waals surface area (Å²) >= 11 is 0. The second-order valence-corrected chi connectivity index (χ2v) is 5.21. The van der Waals surface area contributed by atoms with Crippen molar-refractivity contribution in [2.24, 2.45) is 0 Å². The molecule has 0 aromatic carbocycles. The van der Waals surface area contributed by atoms with Crippen LogP contribution in [0.3, 0.4) is 0 Å². The number of allylic oxidation sites excluding steroid dienone is 5. The summed E-state index contributed by atoms with van der Waals surface area (Å²) in [7, 11) is 1.42. The van der Waals surface area contributed by atoms with E-state index in [0.29, 0.717) is 6.42 Å². The van der Waals surface area contributed by atoms with E-state index in [2.05, 4.69) is 42.0 Å². The van der Waals surface area contributed by atoms with Crippen LogP contribution in [0.15, 0.2) is 36.5 Å². The predicted molar refractivity (Wildman–Crippen MR) is 91.3 cm³/mol. The number of carbonyl (C=O) groups is 1. The first kappa shape index (κ1) is 19.7. The molecule has 21 heavy (non-hydrogen) atoms. The van der Waals surface area contributed by atoms with Gasteiger partial charge in [0.2, 0.25) is 0 Å². The summed E-state index contributed by atoms with van der Waals surface area (Å²) < 4.78 is 4.56. The fraction of sp³-hybridized carbons (Fsp3) is 0.632. The van der Waals surface area contributed by atoms with Gasteiger partial charge in [-0.3, -0.25) is 4.79 Å². The van der Waals surface area contributed by atoms with Crippen molar-refractivity contribution in [2.45, 2.75) is 71.1 Å². The van der Waals surface area contributed by atoms with Crippen molar-refractivity contribution in [3.8, 4) is 0 Å². The van der Waals surface area contributed by atoms with E-state index in [1.54, 1.807) is 0 Å². The molecule has 0 aliphatic carbocycles. The van der Waals surface area contributed by atoms with Gasteiger partial charge in [0, 0.05) is 0 Å². The highest BCUT2D eigenvalue weighted by atomic mass is 16.5. The summed E-state index contributed by atoms with van der Waals surface area (Å²) in [4.78, 5) is 10.9. The van der Waals surface area contributed by atoms with Crippen molar-refractivity contribution in [3.63, 3.8) is 0 Å². The molecule has 0 radical (unpaired) electrons. The van der Waals surface area contributed by atoms with Crippen LogP contribution in [0.4, 0.5) is 0 Å². The van der Waals surface area contributed by atoms with Crippen molar-refractivity contribution in [3.05, 3.63) is 36.5 Å². The summed E-state index contributed by atoms with van der Waals surface area (Å²) in [5.74, 6) is -0.170. The molecule has 0 aliphatic rings. The van der Waals surface area contributed by atoms with Gasteiger partial charge in [0.25, 0.3) is 0 Å². The fourth-order valence-corrected chi connectivity index (χ4v) is 1.92. The van der Waals surface area contributed by atoms with Crippen LogP contribution >= 0.6 is 0 Å². The van der Waals surface area contributed by atoms with Gasteiger partial charge in [-0.2, -0.15) is 0 Å². The van der Waals surface area contributed by atoms with E-state index in [9.17, 15) is 4.79 Å². The van der Waals surface area contributed by atoms with Crippen molar-refractivity contribution >= 4 is 5.97 Å². The minimum atomic E-state index is -0.170. The van der Waals surface area contributed by atoms with Gasteiger partial charge < -0.3 is 4.74 Å². The Hall–Kier alpha value is -1.31. The van der Waals surface area contributed by atoms with Gasteiger partial charge in [0.05, 0.1) is 13.5 Å². The molecular weight excluding hydrogens is 260 g/mol. The van der Waals surface area contributed by atoms with Crippen molar-refractivity contribution in [1.82, 2.24) is 0 Å². The quantitative estimate of drug-likeness (QED) is 0.245. The molecule has 0 aromatic heterocycles. The number of hydrogen-bond acceptors (Lipinski definition) is 2. The highest BCUT2D eigenvalue weighted by molar-refractivity contribution is 5.70. The third-order valence-electron chi connectivity index (χ3n) is 3.25. The van der Waals surface area contributed by atoms with Crippen LogP contribution in [0.5, 0.6) is 0 Å². The predicted octanol–water partition coefficient (Wildman–Crippen LogP) is 5.75. The second kappa shape index (κ2) is 16.7. The molecule has 0 heterocycles. The molecular formula is C19H32O2. The Kier molecular flexibility index (Phi) is 15.7. The first-order chi connectivity index (χ1) is 10.3. The largest absolute Gasteiger partial charge is 0.469 e. The maximum absolute atomic E-state index is 10.9. The molecule has 0 rings (SSSR count). The molecule has 0 fully saturated rings. The van der Waals surface area contributed by atoms with Gasteiger partial charge in [0.15, 0.2) is 0 Å². The van der Waals surface area contributed by atoms with Crippen LogP contribution in [0.1, 0.15) is 71.1 Å². The molecule has 2 heteroatoms. The van der Waals surface area contributed by atoms with Crippen LogP contribution in [0, 0.1) is 0 Å². The summed E-state index contributed by atoms with van der Waals surface area (Å²) in [5, 5.41) is 0. The van der Waals surface area contributed by atoms with Crippen LogP contribution in [0.2, 0.25) is 0 Å². The number of hydrogen-bond donors (Lipinski definition) is 0. The third-order valence-corrected chi connectivity index (χ3v) is 3.25. The molecule has 0 saturated heterocycles. The lowest BCUT2D eigenvalue weighted by Crippen LogP contribution is -1.96. The van der Waals surface area contributed by atoms with E-state index in [0.717, 1.165) is 19.3 Å². The van der Waals surface area contributed by atoms with E-state index in [-0.39, 0.29) is 5.97 Å². The number of ether oxygens (including phenoxy) is 1. The topological polar surface area (TPSA) is 26.3 Å². The van der Waals surface area contributed by atoms with E-state index in [1.165, 1.54) is 45.6 Å². The lowest BCUT2D eigenvalue weighted by Gasteiger charge is -1.94. The van der Waals surface area contributed by atoms with Crippen LogP contribution in [-0.4, -0.2) is 13.1 Å². The Balaban J connectivity index is 3.30. The van der Waals surface area contributed by atoms with Crippen molar-refractivity contribution < 1.29 is 9.53 Å². The van der Waals surface area contributed by atoms with Gasteiger partial charge >= 0.3 is 5.97 Å². The standard InChI is InChI=1S/C19H32O2/c1-3-4-5-6-7-8-9-10-11-12-13-14-15-16-17-18-19(20)21-2/h7-8,10-11,16-17H,3-6,9,12-15,18H2,1-2H3/b8-7-,11-10-,17-16+. The molecule has 0 atom stereocenters. The van der Waals surface area contributed by atoms with Crippen LogP contribution in [-0.2, 0) is 9.53 Å². The molecule has 0 N–H and O–H groups in total. The lowest BCUT2D eigenvalue weighted by molar-refractivity contribution is -0.139. The molecule has 0 aliphatic heterocycles. The third kappa shape index (κ3) is 16.6. The first-order valence-corrected chi connectivity index (χ1v) is 8.33. The smallest absolute Gasteiger partial charge is 0.309 e. The Labute approximate surface area is 131 Å². The summed E-state index contributed by atoms with van der Waals surface area (Å²) in [6, 6.07) is 0. The zero-order valence-corrected chi connectivity index (χ0v) is 13.9.